The molecular formula is C24H24FN5O3. The van der Waals surface area contributed by atoms with E-state index in [9.17, 15) is 14.3 Å². The third-order valence-corrected chi connectivity index (χ3v) is 6.26. The number of aliphatic hydroxyl groups excluding tert-OH is 1. The fourth-order valence-corrected chi connectivity index (χ4v) is 4.53. The van der Waals surface area contributed by atoms with Gasteiger partial charge in [0, 0.05) is 30.4 Å². The summed E-state index contributed by atoms with van der Waals surface area (Å²) in [4.78, 5) is 25.9. The SMILES string of the molecule is CN[C@@H]1CN(c2cccc(N3Cc4c(ccnc4-c4c(F)cccc4OC)C3=O)n2)C[C@H]1O. The fraction of sp³-hybridized carbons (Fsp3) is 0.292. The number of rotatable bonds is 5. The lowest BCUT2D eigenvalue weighted by Gasteiger charge is -2.20. The van der Waals surface area contributed by atoms with Gasteiger partial charge in [-0.25, -0.2) is 9.37 Å². The highest BCUT2D eigenvalue weighted by atomic mass is 19.1. The molecule has 3 aromatic rings. The van der Waals surface area contributed by atoms with Crippen LogP contribution < -0.4 is 19.9 Å². The Morgan fingerprint density at radius 3 is 2.70 bits per heavy atom. The molecule has 2 N–H and O–H groups in total. The summed E-state index contributed by atoms with van der Waals surface area (Å²) in [6, 6.07) is 11.7. The number of methoxy groups -OCH3 is 1. The van der Waals surface area contributed by atoms with E-state index < -0.39 is 11.9 Å². The minimum atomic E-state index is -0.498. The van der Waals surface area contributed by atoms with Crippen molar-refractivity contribution < 1.29 is 19.0 Å². The summed E-state index contributed by atoms with van der Waals surface area (Å²) in [5.74, 6) is 0.842. The predicted molar refractivity (Wildman–Crippen MR) is 122 cm³/mol. The molecule has 2 atom stereocenters. The number of nitrogens with zero attached hydrogens (tertiary/aromatic N) is 4. The highest BCUT2D eigenvalue weighted by molar-refractivity contribution is 6.10. The average Bonchev–Trinajstić information content (AvgIpc) is 3.38. The Morgan fingerprint density at radius 1 is 1.15 bits per heavy atom. The molecule has 1 aromatic carbocycles. The number of ether oxygens (including phenoxy) is 1. The van der Waals surface area contributed by atoms with E-state index in [1.807, 2.05) is 24.1 Å². The Kier molecular flexibility index (Phi) is 5.43. The molecule has 0 saturated carbocycles. The molecule has 1 saturated heterocycles. The molecule has 8 nitrogen and oxygen atoms in total. The predicted octanol–water partition coefficient (Wildman–Crippen LogP) is 2.22. The number of anilines is 2. The van der Waals surface area contributed by atoms with Crippen molar-refractivity contribution in [1.29, 1.82) is 0 Å². The maximum absolute atomic E-state index is 14.8. The second-order valence-electron chi connectivity index (χ2n) is 8.12. The largest absolute Gasteiger partial charge is 0.496 e. The van der Waals surface area contributed by atoms with Crippen LogP contribution in [-0.4, -0.2) is 60.4 Å². The standard InChI is InChI=1S/C24H24FN5O3/c1-26-17-12-29(13-18(17)31)20-7-4-8-21(28-20)30-11-15-14(24(30)32)9-10-27-23(15)22-16(25)5-3-6-19(22)33-2/h3-10,17-18,26,31H,11-13H2,1-2H3/t17-,18-/m1/s1. The van der Waals surface area contributed by atoms with E-state index in [0.29, 0.717) is 47.3 Å². The minimum absolute atomic E-state index is 0.0440. The van der Waals surface area contributed by atoms with Crippen LogP contribution in [0.4, 0.5) is 16.0 Å². The van der Waals surface area contributed by atoms with E-state index >= 15 is 0 Å². The van der Waals surface area contributed by atoms with E-state index in [4.69, 9.17) is 9.72 Å². The molecule has 0 spiro atoms. The van der Waals surface area contributed by atoms with Gasteiger partial charge in [0.15, 0.2) is 0 Å². The number of β-amino-alcohol motifs (C(OH)–C–C–N with tert-alkyl or cyclic N) is 1. The number of likely N-dealkylation sites (N-methyl/N-ethyl adjacent to an activating group) is 1. The molecule has 2 aliphatic heterocycles. The summed E-state index contributed by atoms with van der Waals surface area (Å²) in [6.45, 7) is 1.29. The first-order valence-electron chi connectivity index (χ1n) is 10.7. The summed E-state index contributed by atoms with van der Waals surface area (Å²) in [5, 5.41) is 13.3. The number of benzene rings is 1. The van der Waals surface area contributed by atoms with Gasteiger partial charge in [0.05, 0.1) is 37.1 Å². The van der Waals surface area contributed by atoms with E-state index in [1.54, 1.807) is 29.2 Å². The van der Waals surface area contributed by atoms with E-state index in [0.717, 1.165) is 0 Å². The smallest absolute Gasteiger partial charge is 0.260 e. The summed E-state index contributed by atoms with van der Waals surface area (Å²) in [6.07, 6.45) is 1.01. The van der Waals surface area contributed by atoms with Gasteiger partial charge in [0.25, 0.3) is 5.91 Å². The van der Waals surface area contributed by atoms with Crippen LogP contribution >= 0.6 is 0 Å². The molecule has 2 aromatic heterocycles. The average molecular weight is 449 g/mol. The highest BCUT2D eigenvalue weighted by Crippen LogP contribution is 2.38. The van der Waals surface area contributed by atoms with Crippen molar-refractivity contribution in [1.82, 2.24) is 15.3 Å². The van der Waals surface area contributed by atoms with Gasteiger partial charge in [-0.3, -0.25) is 14.7 Å². The number of carbonyl (C=O) groups excluding carboxylic acids is 1. The molecular weight excluding hydrogens is 425 g/mol. The summed E-state index contributed by atoms with van der Waals surface area (Å²) >= 11 is 0. The van der Waals surface area contributed by atoms with Crippen LogP contribution in [0.15, 0.2) is 48.7 Å². The van der Waals surface area contributed by atoms with Crippen molar-refractivity contribution in [2.75, 3.05) is 37.0 Å². The van der Waals surface area contributed by atoms with Crippen LogP contribution in [0.2, 0.25) is 0 Å². The maximum Gasteiger partial charge on any atom is 0.260 e. The third kappa shape index (κ3) is 3.59. The number of halogens is 1. The Hall–Kier alpha value is -3.56. The first kappa shape index (κ1) is 21.3. The number of hydrogen-bond donors (Lipinski definition) is 2. The van der Waals surface area contributed by atoms with Crippen molar-refractivity contribution in [3.05, 3.63) is 65.6 Å². The second kappa shape index (κ2) is 8.42. The number of nitrogens with one attached hydrogen (secondary N) is 1. The van der Waals surface area contributed by atoms with Crippen LogP contribution in [0.25, 0.3) is 11.3 Å². The quantitative estimate of drug-likeness (QED) is 0.617. The number of fused-ring (bicyclic) bond motifs is 1. The van der Waals surface area contributed by atoms with Gasteiger partial charge < -0.3 is 20.1 Å². The molecule has 1 fully saturated rings. The van der Waals surface area contributed by atoms with Crippen LogP contribution in [0.1, 0.15) is 15.9 Å². The molecule has 0 unspecified atom stereocenters. The van der Waals surface area contributed by atoms with Crippen LogP contribution in [0.3, 0.4) is 0 Å². The molecule has 0 radical (unpaired) electrons. The topological polar surface area (TPSA) is 90.8 Å². The van der Waals surface area contributed by atoms with Gasteiger partial charge in [-0.2, -0.15) is 0 Å². The van der Waals surface area contributed by atoms with Crippen LogP contribution in [0.5, 0.6) is 5.75 Å². The molecule has 4 heterocycles. The number of carbonyl (C=O) groups is 1. The normalized spacial score (nSPS) is 19.8. The molecule has 1 amide bonds. The molecule has 5 rings (SSSR count). The lowest BCUT2D eigenvalue weighted by atomic mass is 10.0. The molecule has 170 valence electrons. The summed E-state index contributed by atoms with van der Waals surface area (Å²) < 4.78 is 20.1. The van der Waals surface area contributed by atoms with Gasteiger partial charge >= 0.3 is 0 Å². The first-order valence-corrected chi connectivity index (χ1v) is 10.7. The fourth-order valence-electron chi connectivity index (χ4n) is 4.53. The van der Waals surface area contributed by atoms with E-state index in [2.05, 4.69) is 10.3 Å². The summed E-state index contributed by atoms with van der Waals surface area (Å²) in [5.41, 5.74) is 1.71. The zero-order valence-corrected chi connectivity index (χ0v) is 18.3. The van der Waals surface area contributed by atoms with Crippen molar-refractivity contribution in [2.24, 2.45) is 0 Å². The number of amides is 1. The number of hydrogen-bond acceptors (Lipinski definition) is 7. The van der Waals surface area contributed by atoms with Gasteiger partial charge in [-0.1, -0.05) is 12.1 Å². The van der Waals surface area contributed by atoms with Crippen molar-refractivity contribution in [3.8, 4) is 17.0 Å². The van der Waals surface area contributed by atoms with Gasteiger partial charge in [0.2, 0.25) is 0 Å². The molecule has 0 aliphatic carbocycles. The Bertz CT molecular complexity index is 1220. The maximum atomic E-state index is 14.8. The Labute approximate surface area is 190 Å². The third-order valence-electron chi connectivity index (χ3n) is 6.26. The lowest BCUT2D eigenvalue weighted by Crippen LogP contribution is -2.36. The first-order chi connectivity index (χ1) is 16.0. The molecule has 0 bridgehead atoms. The van der Waals surface area contributed by atoms with E-state index in [1.165, 1.54) is 19.4 Å². The van der Waals surface area contributed by atoms with Crippen molar-refractivity contribution in [3.63, 3.8) is 0 Å². The molecule has 9 heteroatoms. The minimum Gasteiger partial charge on any atom is -0.496 e. The summed E-state index contributed by atoms with van der Waals surface area (Å²) in [7, 11) is 3.29. The zero-order chi connectivity index (χ0) is 23.1. The molecule has 33 heavy (non-hydrogen) atoms. The Balaban J connectivity index is 1.49. The highest BCUT2D eigenvalue weighted by Gasteiger charge is 2.35. The molecule has 2 aliphatic rings. The van der Waals surface area contributed by atoms with Crippen LogP contribution in [-0.2, 0) is 6.54 Å². The van der Waals surface area contributed by atoms with Gasteiger partial charge in [0.1, 0.15) is 23.2 Å². The number of aromatic nitrogens is 2. The van der Waals surface area contributed by atoms with Gasteiger partial charge in [-0.05, 0) is 37.4 Å². The number of aliphatic hydroxyl groups is 1. The zero-order valence-electron chi connectivity index (χ0n) is 18.3. The monoisotopic (exact) mass is 449 g/mol. The van der Waals surface area contributed by atoms with E-state index in [-0.39, 0.29) is 24.1 Å². The van der Waals surface area contributed by atoms with Gasteiger partial charge in [-0.15, -0.1) is 0 Å². The number of pyridine rings is 2. The van der Waals surface area contributed by atoms with Crippen molar-refractivity contribution >= 4 is 17.5 Å². The lowest BCUT2D eigenvalue weighted by molar-refractivity contribution is 0.0996. The van der Waals surface area contributed by atoms with Crippen LogP contribution in [0, 0.1) is 5.82 Å². The Morgan fingerprint density at radius 2 is 1.94 bits per heavy atom. The second-order valence-corrected chi connectivity index (χ2v) is 8.12. The van der Waals surface area contributed by atoms with Crippen molar-refractivity contribution in [2.45, 2.75) is 18.7 Å².